The summed E-state index contributed by atoms with van der Waals surface area (Å²) >= 11 is 0. The highest BCUT2D eigenvalue weighted by Crippen LogP contribution is 2.43. The van der Waals surface area contributed by atoms with Gasteiger partial charge in [0.1, 0.15) is 17.1 Å². The van der Waals surface area contributed by atoms with E-state index in [1.807, 2.05) is 32.0 Å². The Kier molecular flexibility index (Phi) is 2.82. The molecule has 1 heterocycles. The lowest BCUT2D eigenvalue weighted by atomic mass is 9.80. The third-order valence-electron chi connectivity index (χ3n) is 3.06. The Labute approximate surface area is 103 Å². The van der Waals surface area contributed by atoms with Crippen molar-refractivity contribution in [3.05, 3.63) is 23.8 Å². The van der Waals surface area contributed by atoms with Crippen molar-refractivity contribution in [1.29, 1.82) is 0 Å². The molecule has 1 aliphatic rings. The van der Waals surface area contributed by atoms with Gasteiger partial charge in [0.2, 0.25) is 0 Å². The van der Waals surface area contributed by atoms with Crippen molar-refractivity contribution in [2.45, 2.75) is 45.3 Å². The summed E-state index contributed by atoms with van der Waals surface area (Å²) in [6.45, 7) is 8.81. The molecule has 0 aromatic heterocycles. The molecule has 0 saturated carbocycles. The fraction of sp³-hybridized carbons (Fsp3) is 0.571. The van der Waals surface area contributed by atoms with Crippen LogP contribution < -0.4 is 15.2 Å². The first-order chi connectivity index (χ1) is 7.84. The molecule has 1 unspecified atom stereocenters. The molecule has 1 aliphatic heterocycles. The number of hydrogen-bond acceptors (Lipinski definition) is 3. The quantitative estimate of drug-likeness (QED) is 0.857. The third kappa shape index (κ3) is 2.39. The number of nitrogens with two attached hydrogens (primary N) is 1. The normalized spacial score (nSPS) is 25.9. The summed E-state index contributed by atoms with van der Waals surface area (Å²) in [6.07, 6.45) is 0.794. The minimum absolute atomic E-state index is 0.219. The number of rotatable bonds is 2. The maximum absolute atomic E-state index is 6.39. The van der Waals surface area contributed by atoms with Gasteiger partial charge in [-0.1, -0.05) is 0 Å². The fourth-order valence-electron chi connectivity index (χ4n) is 2.61. The highest BCUT2D eigenvalue weighted by Gasteiger charge is 2.39. The average Bonchev–Trinajstić information content (AvgIpc) is 2.17. The van der Waals surface area contributed by atoms with Gasteiger partial charge in [-0.2, -0.15) is 0 Å². The second kappa shape index (κ2) is 3.91. The minimum atomic E-state index is -0.371. The average molecular weight is 235 g/mol. The molecular weight excluding hydrogens is 214 g/mol. The molecule has 1 aromatic rings. The Morgan fingerprint density at radius 1 is 1.35 bits per heavy atom. The smallest absolute Gasteiger partial charge is 0.125 e. The zero-order chi connectivity index (χ0) is 12.7. The van der Waals surface area contributed by atoms with Crippen LogP contribution >= 0.6 is 0 Å². The molecule has 3 heteroatoms. The van der Waals surface area contributed by atoms with Crippen LogP contribution in [0.15, 0.2) is 18.2 Å². The van der Waals surface area contributed by atoms with E-state index in [9.17, 15) is 0 Å². The Morgan fingerprint density at radius 2 is 2.06 bits per heavy atom. The van der Waals surface area contributed by atoms with Crippen LogP contribution in [0.5, 0.6) is 11.5 Å². The summed E-state index contributed by atoms with van der Waals surface area (Å²) in [7, 11) is 0. The van der Waals surface area contributed by atoms with Gasteiger partial charge < -0.3 is 15.2 Å². The van der Waals surface area contributed by atoms with Gasteiger partial charge in [-0.05, 0) is 45.9 Å². The lowest BCUT2D eigenvalue weighted by Crippen LogP contribution is -2.47. The van der Waals surface area contributed by atoms with E-state index in [4.69, 9.17) is 15.2 Å². The molecule has 1 atom stereocenters. The van der Waals surface area contributed by atoms with Gasteiger partial charge in [-0.25, -0.2) is 0 Å². The molecule has 17 heavy (non-hydrogen) atoms. The van der Waals surface area contributed by atoms with E-state index in [1.165, 1.54) is 0 Å². The van der Waals surface area contributed by atoms with Crippen molar-refractivity contribution >= 4 is 0 Å². The van der Waals surface area contributed by atoms with Crippen LogP contribution in [-0.4, -0.2) is 12.2 Å². The number of hydrogen-bond donors (Lipinski definition) is 1. The topological polar surface area (TPSA) is 44.5 Å². The lowest BCUT2D eigenvalue weighted by molar-refractivity contribution is 0.0500. The molecule has 0 amide bonds. The standard InChI is InChI=1S/C14H21NO2/c1-5-16-10-6-7-12-11(8-10)14(4,15)9-13(2,3)17-12/h6-8H,5,9,15H2,1-4H3. The Balaban J connectivity index is 2.44. The first-order valence-electron chi connectivity index (χ1n) is 6.09. The number of fused-ring (bicyclic) bond motifs is 1. The highest BCUT2D eigenvalue weighted by molar-refractivity contribution is 5.46. The first kappa shape index (κ1) is 12.2. The monoisotopic (exact) mass is 235 g/mol. The summed E-state index contributed by atoms with van der Waals surface area (Å²) in [5.41, 5.74) is 6.84. The Hall–Kier alpha value is -1.22. The fourth-order valence-corrected chi connectivity index (χ4v) is 2.61. The molecule has 0 spiro atoms. The van der Waals surface area contributed by atoms with Gasteiger partial charge in [0.25, 0.3) is 0 Å². The van der Waals surface area contributed by atoms with Crippen LogP contribution in [0.1, 0.15) is 39.7 Å². The van der Waals surface area contributed by atoms with Crippen molar-refractivity contribution < 1.29 is 9.47 Å². The van der Waals surface area contributed by atoms with Gasteiger partial charge in [-0.3, -0.25) is 0 Å². The van der Waals surface area contributed by atoms with E-state index in [-0.39, 0.29) is 11.1 Å². The van der Waals surface area contributed by atoms with E-state index in [1.54, 1.807) is 0 Å². The summed E-state index contributed by atoms with van der Waals surface area (Å²) < 4.78 is 11.5. The first-order valence-corrected chi connectivity index (χ1v) is 6.09. The van der Waals surface area contributed by atoms with Gasteiger partial charge >= 0.3 is 0 Å². The molecule has 2 rings (SSSR count). The van der Waals surface area contributed by atoms with E-state index in [0.717, 1.165) is 23.5 Å². The van der Waals surface area contributed by atoms with Crippen LogP contribution in [0.3, 0.4) is 0 Å². The summed E-state index contributed by atoms with van der Waals surface area (Å²) in [6, 6.07) is 5.88. The van der Waals surface area contributed by atoms with Crippen LogP contribution in [0, 0.1) is 0 Å². The Bertz CT molecular complexity index is 424. The largest absolute Gasteiger partial charge is 0.494 e. The van der Waals surface area contributed by atoms with Crippen LogP contribution in [0.4, 0.5) is 0 Å². The zero-order valence-corrected chi connectivity index (χ0v) is 11.0. The predicted octanol–water partition coefficient (Wildman–Crippen LogP) is 2.82. The lowest BCUT2D eigenvalue weighted by Gasteiger charge is -2.42. The van der Waals surface area contributed by atoms with Gasteiger partial charge in [-0.15, -0.1) is 0 Å². The molecule has 1 aromatic carbocycles. The second-order valence-corrected chi connectivity index (χ2v) is 5.55. The molecular formula is C14H21NO2. The van der Waals surface area contributed by atoms with E-state index < -0.39 is 0 Å². The van der Waals surface area contributed by atoms with Crippen molar-refractivity contribution in [3.63, 3.8) is 0 Å². The molecule has 94 valence electrons. The van der Waals surface area contributed by atoms with Crippen molar-refractivity contribution in [3.8, 4) is 11.5 Å². The second-order valence-electron chi connectivity index (χ2n) is 5.55. The van der Waals surface area contributed by atoms with E-state index in [2.05, 4.69) is 13.8 Å². The number of ether oxygens (including phenoxy) is 2. The molecule has 0 aliphatic carbocycles. The number of benzene rings is 1. The van der Waals surface area contributed by atoms with Gasteiger partial charge in [0, 0.05) is 17.5 Å². The molecule has 0 saturated heterocycles. The van der Waals surface area contributed by atoms with Crippen molar-refractivity contribution in [1.82, 2.24) is 0 Å². The van der Waals surface area contributed by atoms with E-state index >= 15 is 0 Å². The minimum Gasteiger partial charge on any atom is -0.494 e. The molecule has 3 nitrogen and oxygen atoms in total. The van der Waals surface area contributed by atoms with Crippen LogP contribution in [0.2, 0.25) is 0 Å². The van der Waals surface area contributed by atoms with Crippen LogP contribution in [-0.2, 0) is 5.54 Å². The zero-order valence-electron chi connectivity index (χ0n) is 11.0. The SMILES string of the molecule is CCOc1ccc2c(c1)C(C)(N)CC(C)(C)O2. The maximum atomic E-state index is 6.39. The summed E-state index contributed by atoms with van der Waals surface area (Å²) in [4.78, 5) is 0. The van der Waals surface area contributed by atoms with Crippen molar-refractivity contribution in [2.75, 3.05) is 6.61 Å². The Morgan fingerprint density at radius 3 is 2.71 bits per heavy atom. The van der Waals surface area contributed by atoms with E-state index in [0.29, 0.717) is 6.61 Å². The highest BCUT2D eigenvalue weighted by atomic mass is 16.5. The molecule has 0 fully saturated rings. The molecule has 0 bridgehead atoms. The summed E-state index contributed by atoms with van der Waals surface area (Å²) in [5.74, 6) is 1.72. The molecule has 0 radical (unpaired) electrons. The van der Waals surface area contributed by atoms with Crippen molar-refractivity contribution in [2.24, 2.45) is 5.73 Å². The third-order valence-corrected chi connectivity index (χ3v) is 3.06. The van der Waals surface area contributed by atoms with Gasteiger partial charge in [0.15, 0.2) is 0 Å². The predicted molar refractivity (Wildman–Crippen MR) is 68.5 cm³/mol. The van der Waals surface area contributed by atoms with Crippen LogP contribution in [0.25, 0.3) is 0 Å². The summed E-state index contributed by atoms with van der Waals surface area (Å²) in [5, 5.41) is 0. The maximum Gasteiger partial charge on any atom is 0.125 e. The van der Waals surface area contributed by atoms with Gasteiger partial charge in [0.05, 0.1) is 6.61 Å². The molecule has 2 N–H and O–H groups in total.